The molecule has 0 aromatic carbocycles. The van der Waals surface area contributed by atoms with Gasteiger partial charge in [0.05, 0.1) is 12.4 Å². The molecule has 2 N–H and O–H groups in total. The molecule has 1 aromatic heterocycles. The van der Waals surface area contributed by atoms with Gasteiger partial charge in [0.1, 0.15) is 0 Å². The number of pyridine rings is 1. The number of nitrogens with zero attached hydrogens (tertiary/aromatic N) is 2. The third kappa shape index (κ3) is 3.17. The first-order valence-electron chi connectivity index (χ1n) is 4.92. The maximum Gasteiger partial charge on any atom is 0.0941 e. The Morgan fingerprint density at radius 1 is 1.57 bits per heavy atom. The lowest BCUT2D eigenvalue weighted by molar-refractivity contribution is 0.947. The average Bonchev–Trinajstić information content (AvgIpc) is 2.17. The van der Waals surface area contributed by atoms with Crippen molar-refractivity contribution in [2.75, 3.05) is 0 Å². The van der Waals surface area contributed by atoms with Crippen molar-refractivity contribution in [3.63, 3.8) is 0 Å². The van der Waals surface area contributed by atoms with Gasteiger partial charge in [0, 0.05) is 18.8 Å². The van der Waals surface area contributed by atoms with Gasteiger partial charge in [-0.3, -0.25) is 9.98 Å². The number of hydrogen-bond donors (Lipinski definition) is 1. The first kappa shape index (κ1) is 10.7. The number of nitrogens with two attached hydrogens (primary N) is 1. The molecule has 1 rings (SSSR count). The van der Waals surface area contributed by atoms with Gasteiger partial charge in [-0.05, 0) is 30.5 Å². The van der Waals surface area contributed by atoms with Crippen LogP contribution in [-0.2, 0) is 6.54 Å². The molecule has 0 aliphatic heterocycles. The van der Waals surface area contributed by atoms with Gasteiger partial charge in [-0.2, -0.15) is 0 Å². The predicted molar refractivity (Wildman–Crippen MR) is 59.2 cm³/mol. The molecule has 0 atom stereocenters. The third-order valence-electron chi connectivity index (χ3n) is 2.11. The minimum absolute atomic E-state index is 0.644. The zero-order chi connectivity index (χ0) is 10.4. The van der Waals surface area contributed by atoms with Crippen LogP contribution in [0.1, 0.15) is 30.9 Å². The second kappa shape index (κ2) is 5.37. The van der Waals surface area contributed by atoms with E-state index in [9.17, 15) is 0 Å². The highest BCUT2D eigenvalue weighted by molar-refractivity contribution is 5.80. The molecule has 0 aliphatic rings. The van der Waals surface area contributed by atoms with E-state index in [-0.39, 0.29) is 0 Å². The lowest BCUT2D eigenvalue weighted by Crippen LogP contribution is -2.11. The van der Waals surface area contributed by atoms with E-state index in [0.29, 0.717) is 6.54 Å². The van der Waals surface area contributed by atoms with Gasteiger partial charge < -0.3 is 5.73 Å². The van der Waals surface area contributed by atoms with Crippen LogP contribution < -0.4 is 5.73 Å². The number of hydrogen-bond acceptors (Lipinski definition) is 2. The van der Waals surface area contributed by atoms with E-state index in [1.165, 1.54) is 5.56 Å². The van der Waals surface area contributed by atoms with Crippen LogP contribution in [0.4, 0.5) is 0 Å². The standard InChI is InChI=1S/C11H17N3/c1-3-4-11(12)14-8-10-7-13-6-5-9(10)2/h5-7H,3-4,8H2,1-2H3,(H2,12,14). The molecule has 1 heterocycles. The summed E-state index contributed by atoms with van der Waals surface area (Å²) in [6, 6.07) is 1.99. The van der Waals surface area contributed by atoms with E-state index in [0.717, 1.165) is 24.2 Å². The largest absolute Gasteiger partial charge is 0.387 e. The summed E-state index contributed by atoms with van der Waals surface area (Å²) in [6.07, 6.45) is 5.55. The summed E-state index contributed by atoms with van der Waals surface area (Å²) in [7, 11) is 0. The molecule has 0 amide bonds. The Hall–Kier alpha value is -1.38. The van der Waals surface area contributed by atoms with Crippen molar-refractivity contribution in [3.8, 4) is 0 Å². The lowest BCUT2D eigenvalue weighted by atomic mass is 10.2. The van der Waals surface area contributed by atoms with E-state index in [2.05, 4.69) is 23.8 Å². The van der Waals surface area contributed by atoms with Gasteiger partial charge in [-0.15, -0.1) is 0 Å². The van der Waals surface area contributed by atoms with Crippen LogP contribution in [0.15, 0.2) is 23.5 Å². The molecule has 3 nitrogen and oxygen atoms in total. The Bertz CT molecular complexity index is 318. The molecule has 0 spiro atoms. The van der Waals surface area contributed by atoms with Crippen LogP contribution in [0, 0.1) is 6.92 Å². The Labute approximate surface area is 85.1 Å². The second-order valence-corrected chi connectivity index (χ2v) is 3.36. The summed E-state index contributed by atoms with van der Waals surface area (Å²) in [5, 5.41) is 0. The fourth-order valence-electron chi connectivity index (χ4n) is 1.18. The van der Waals surface area contributed by atoms with Gasteiger partial charge in [0.2, 0.25) is 0 Å². The SMILES string of the molecule is CCCC(N)=NCc1cnccc1C. The first-order valence-corrected chi connectivity index (χ1v) is 4.92. The van der Waals surface area contributed by atoms with Crippen LogP contribution in [0.3, 0.4) is 0 Å². The van der Waals surface area contributed by atoms with Crippen LogP contribution in [0.2, 0.25) is 0 Å². The van der Waals surface area contributed by atoms with Crippen molar-refractivity contribution >= 4 is 5.84 Å². The molecule has 0 fully saturated rings. The predicted octanol–water partition coefficient (Wildman–Crippen LogP) is 2.05. The number of aryl methyl sites for hydroxylation is 1. The molecular formula is C11H17N3. The molecule has 0 bridgehead atoms. The van der Waals surface area contributed by atoms with Gasteiger partial charge in [0.25, 0.3) is 0 Å². The lowest BCUT2D eigenvalue weighted by Gasteiger charge is -2.02. The normalized spacial score (nSPS) is 11.7. The molecule has 1 aromatic rings. The third-order valence-corrected chi connectivity index (χ3v) is 2.11. The molecule has 0 aliphatic carbocycles. The molecule has 3 heteroatoms. The average molecular weight is 191 g/mol. The van der Waals surface area contributed by atoms with Crippen molar-refractivity contribution in [1.29, 1.82) is 0 Å². The fraction of sp³-hybridized carbons (Fsp3) is 0.455. The van der Waals surface area contributed by atoms with Crippen LogP contribution in [0.5, 0.6) is 0 Å². The van der Waals surface area contributed by atoms with E-state index in [1.54, 1.807) is 6.20 Å². The zero-order valence-corrected chi connectivity index (χ0v) is 8.83. The monoisotopic (exact) mass is 191 g/mol. The topological polar surface area (TPSA) is 51.3 Å². The summed E-state index contributed by atoms with van der Waals surface area (Å²) < 4.78 is 0. The molecule has 76 valence electrons. The molecule has 0 radical (unpaired) electrons. The van der Waals surface area contributed by atoms with Crippen LogP contribution in [-0.4, -0.2) is 10.8 Å². The summed E-state index contributed by atoms with van der Waals surface area (Å²) in [5.74, 6) is 0.732. The fourth-order valence-corrected chi connectivity index (χ4v) is 1.18. The van der Waals surface area contributed by atoms with Crippen molar-refractivity contribution in [1.82, 2.24) is 4.98 Å². The highest BCUT2D eigenvalue weighted by Crippen LogP contribution is 2.06. The van der Waals surface area contributed by atoms with Crippen LogP contribution in [0.25, 0.3) is 0 Å². The minimum Gasteiger partial charge on any atom is -0.387 e. The Morgan fingerprint density at radius 2 is 2.36 bits per heavy atom. The smallest absolute Gasteiger partial charge is 0.0941 e. The zero-order valence-electron chi connectivity index (χ0n) is 8.83. The van der Waals surface area contributed by atoms with E-state index in [1.807, 2.05) is 12.3 Å². The molecular weight excluding hydrogens is 174 g/mol. The van der Waals surface area contributed by atoms with Gasteiger partial charge in [-0.25, -0.2) is 0 Å². The molecule has 0 saturated carbocycles. The van der Waals surface area contributed by atoms with Crippen molar-refractivity contribution in [2.45, 2.75) is 33.2 Å². The van der Waals surface area contributed by atoms with Crippen molar-refractivity contribution in [2.24, 2.45) is 10.7 Å². The summed E-state index contributed by atoms with van der Waals surface area (Å²) >= 11 is 0. The maximum atomic E-state index is 5.71. The number of rotatable bonds is 4. The molecule has 0 unspecified atom stereocenters. The van der Waals surface area contributed by atoms with E-state index >= 15 is 0 Å². The number of aliphatic imine (C=N–C) groups is 1. The summed E-state index contributed by atoms with van der Waals surface area (Å²) in [5.41, 5.74) is 8.07. The van der Waals surface area contributed by atoms with Crippen molar-refractivity contribution in [3.05, 3.63) is 29.6 Å². The van der Waals surface area contributed by atoms with Gasteiger partial charge in [-0.1, -0.05) is 6.92 Å². The maximum absolute atomic E-state index is 5.71. The highest BCUT2D eigenvalue weighted by Gasteiger charge is 1.96. The Morgan fingerprint density at radius 3 is 3.00 bits per heavy atom. The first-order chi connectivity index (χ1) is 6.74. The van der Waals surface area contributed by atoms with Gasteiger partial charge in [0.15, 0.2) is 0 Å². The summed E-state index contributed by atoms with van der Waals surface area (Å²) in [4.78, 5) is 8.36. The molecule has 0 saturated heterocycles. The van der Waals surface area contributed by atoms with E-state index in [4.69, 9.17) is 5.73 Å². The van der Waals surface area contributed by atoms with Crippen molar-refractivity contribution < 1.29 is 0 Å². The second-order valence-electron chi connectivity index (χ2n) is 3.36. The molecule has 14 heavy (non-hydrogen) atoms. The Balaban J connectivity index is 2.61. The van der Waals surface area contributed by atoms with Crippen LogP contribution >= 0.6 is 0 Å². The number of aromatic nitrogens is 1. The Kier molecular flexibility index (Phi) is 4.11. The van der Waals surface area contributed by atoms with Gasteiger partial charge >= 0.3 is 0 Å². The van der Waals surface area contributed by atoms with E-state index < -0.39 is 0 Å². The number of amidine groups is 1. The minimum atomic E-state index is 0.644. The quantitative estimate of drug-likeness (QED) is 0.585. The highest BCUT2D eigenvalue weighted by atomic mass is 14.8. The summed E-state index contributed by atoms with van der Waals surface area (Å²) in [6.45, 7) is 4.80.